The molecule has 2 heterocycles. The number of furan rings is 1. The Hall–Kier alpha value is -8.40. The molecule has 66 heavy (non-hydrogen) atoms. The van der Waals surface area contributed by atoms with Crippen LogP contribution in [0, 0.1) is 0 Å². The van der Waals surface area contributed by atoms with Crippen LogP contribution in [0.3, 0.4) is 0 Å². The van der Waals surface area contributed by atoms with Crippen LogP contribution in [0.2, 0.25) is 0 Å². The number of anilines is 2. The monoisotopic (exact) mass is 843 g/mol. The molecule has 0 N–H and O–H groups in total. The van der Waals surface area contributed by atoms with Crippen LogP contribution >= 0.6 is 0 Å². The van der Waals surface area contributed by atoms with E-state index in [9.17, 15) is 0 Å². The predicted octanol–water partition coefficient (Wildman–Crippen LogP) is 16.6. The summed E-state index contributed by atoms with van der Waals surface area (Å²) in [7, 11) is 0. The van der Waals surface area contributed by atoms with Gasteiger partial charge in [0.15, 0.2) is 5.58 Å². The minimum absolute atomic E-state index is 0.0574. The van der Waals surface area contributed by atoms with Crippen molar-refractivity contribution >= 4 is 60.4 Å². The molecular formula is C63H41NO2. The standard InChI is InChI=1S/C63H41NO2/c1-2-14-40(15-3-1)44-18-12-19-47(38-44)64(58-26-13-24-52-51-23-9-11-27-59(51)65-62(52)58)46-33-28-41(29-34-46)45-32-35-55-53(39-45)50-22-8-10-25-54(50)63(55)56-36-30-42-16-4-6-20-48(42)60(56)66-61-49-21-7-5-17-43(49)31-37-57(61)63/h1-18,20-39,47H,19H2. The van der Waals surface area contributed by atoms with Gasteiger partial charge in [0.25, 0.3) is 0 Å². The van der Waals surface area contributed by atoms with Gasteiger partial charge in [-0.3, -0.25) is 0 Å². The number of ether oxygens (including phenoxy) is 1. The molecule has 0 bridgehead atoms. The second-order valence-electron chi connectivity index (χ2n) is 17.8. The lowest BCUT2D eigenvalue weighted by Gasteiger charge is -2.40. The lowest BCUT2D eigenvalue weighted by Crippen LogP contribution is -2.32. The number of hydrogen-bond donors (Lipinski definition) is 0. The van der Waals surface area contributed by atoms with Gasteiger partial charge in [0.2, 0.25) is 0 Å². The fraction of sp³-hybridized carbons (Fsp3) is 0.0476. The van der Waals surface area contributed by atoms with E-state index in [-0.39, 0.29) is 6.04 Å². The Morgan fingerprint density at radius 2 is 1.08 bits per heavy atom. The van der Waals surface area contributed by atoms with Crippen molar-refractivity contribution in [3.63, 3.8) is 0 Å². The third-order valence-corrected chi connectivity index (χ3v) is 14.4. The summed E-state index contributed by atoms with van der Waals surface area (Å²) in [6.45, 7) is 0. The normalized spacial score (nSPS) is 15.3. The van der Waals surface area contributed by atoms with Crippen LogP contribution in [-0.2, 0) is 5.41 Å². The zero-order valence-electron chi connectivity index (χ0n) is 36.0. The molecule has 1 unspecified atom stereocenters. The first kappa shape index (κ1) is 37.0. The fourth-order valence-electron chi connectivity index (χ4n) is 11.5. The first-order chi connectivity index (χ1) is 32.7. The van der Waals surface area contributed by atoms with Crippen LogP contribution in [0.15, 0.2) is 235 Å². The molecule has 0 fully saturated rings. The van der Waals surface area contributed by atoms with E-state index in [0.717, 1.165) is 67.6 Å². The second kappa shape index (κ2) is 14.3. The van der Waals surface area contributed by atoms with Crippen LogP contribution in [0.25, 0.3) is 71.3 Å². The van der Waals surface area contributed by atoms with Gasteiger partial charge in [-0.1, -0.05) is 200 Å². The van der Waals surface area contributed by atoms with Gasteiger partial charge in [0, 0.05) is 38.4 Å². The summed E-state index contributed by atoms with van der Waals surface area (Å²) in [6, 6.07) is 77.3. The average Bonchev–Trinajstić information content (AvgIpc) is 3.91. The maximum absolute atomic E-state index is 7.17. The predicted molar refractivity (Wildman–Crippen MR) is 272 cm³/mol. The number of fused-ring (bicyclic) bond motifs is 16. The molecule has 310 valence electrons. The zero-order chi connectivity index (χ0) is 43.3. The summed E-state index contributed by atoms with van der Waals surface area (Å²) in [6.07, 6.45) is 7.84. The van der Waals surface area contributed by atoms with Gasteiger partial charge in [-0.25, -0.2) is 0 Å². The Morgan fingerprint density at radius 3 is 1.85 bits per heavy atom. The van der Waals surface area contributed by atoms with Crippen molar-refractivity contribution in [1.29, 1.82) is 0 Å². The Balaban J connectivity index is 0.927. The van der Waals surface area contributed by atoms with Crippen LogP contribution in [0.1, 0.15) is 34.2 Å². The highest BCUT2D eigenvalue weighted by molar-refractivity contribution is 6.10. The van der Waals surface area contributed by atoms with Crippen molar-refractivity contribution in [2.45, 2.75) is 17.9 Å². The molecule has 1 aromatic heterocycles. The number of allylic oxidation sites excluding steroid dienone is 2. The third-order valence-electron chi connectivity index (χ3n) is 14.4. The number of rotatable bonds is 5. The zero-order valence-corrected chi connectivity index (χ0v) is 36.0. The minimum atomic E-state index is -0.579. The number of hydrogen-bond acceptors (Lipinski definition) is 3. The van der Waals surface area contributed by atoms with Gasteiger partial charge < -0.3 is 14.1 Å². The van der Waals surface area contributed by atoms with Gasteiger partial charge in [0.05, 0.1) is 17.1 Å². The highest BCUT2D eigenvalue weighted by Gasteiger charge is 2.51. The van der Waals surface area contributed by atoms with E-state index in [2.05, 4.69) is 229 Å². The van der Waals surface area contributed by atoms with E-state index in [1.165, 1.54) is 60.9 Å². The van der Waals surface area contributed by atoms with Gasteiger partial charge in [0.1, 0.15) is 17.1 Å². The molecule has 2 aliphatic carbocycles. The van der Waals surface area contributed by atoms with E-state index in [1.807, 2.05) is 6.07 Å². The molecule has 0 amide bonds. The highest BCUT2D eigenvalue weighted by Crippen LogP contribution is 2.64. The van der Waals surface area contributed by atoms with Crippen LogP contribution in [0.5, 0.6) is 11.5 Å². The summed E-state index contributed by atoms with van der Waals surface area (Å²) in [5.41, 5.74) is 15.6. The largest absolute Gasteiger partial charge is 0.455 e. The van der Waals surface area contributed by atoms with Gasteiger partial charge in [-0.15, -0.1) is 0 Å². The van der Waals surface area contributed by atoms with E-state index < -0.39 is 5.41 Å². The third kappa shape index (κ3) is 5.31. The SMILES string of the molecule is C1=CC(c2ccccc2)=CC(N(c2ccc(-c3ccc4c(c3)-c3ccccc3C43c4ccc5ccccc5c4Oc4c3ccc3ccccc43)cc2)c2cccc3c2oc2ccccc23)C1. The van der Waals surface area contributed by atoms with Gasteiger partial charge in [-0.05, 0) is 92.0 Å². The van der Waals surface area contributed by atoms with Crippen LogP contribution in [0.4, 0.5) is 11.4 Å². The van der Waals surface area contributed by atoms with E-state index in [4.69, 9.17) is 9.15 Å². The smallest absolute Gasteiger partial charge is 0.159 e. The summed E-state index contributed by atoms with van der Waals surface area (Å²) < 4.78 is 13.9. The Labute approximate surface area is 382 Å². The summed E-state index contributed by atoms with van der Waals surface area (Å²) in [4.78, 5) is 2.47. The number of para-hydroxylation sites is 2. The van der Waals surface area contributed by atoms with Gasteiger partial charge >= 0.3 is 0 Å². The molecule has 10 aromatic carbocycles. The maximum Gasteiger partial charge on any atom is 0.159 e. The molecule has 1 aliphatic heterocycles. The highest BCUT2D eigenvalue weighted by atomic mass is 16.5. The molecule has 11 aromatic rings. The van der Waals surface area contributed by atoms with Crippen molar-refractivity contribution in [3.05, 3.63) is 258 Å². The van der Waals surface area contributed by atoms with E-state index in [0.29, 0.717) is 0 Å². The lowest BCUT2D eigenvalue weighted by atomic mass is 9.65. The van der Waals surface area contributed by atoms with Gasteiger partial charge in [-0.2, -0.15) is 0 Å². The van der Waals surface area contributed by atoms with Crippen molar-refractivity contribution in [3.8, 4) is 33.8 Å². The van der Waals surface area contributed by atoms with Crippen molar-refractivity contribution in [2.75, 3.05) is 4.90 Å². The average molecular weight is 844 g/mol. The molecule has 0 saturated carbocycles. The molecule has 3 heteroatoms. The molecule has 1 spiro atoms. The minimum Gasteiger partial charge on any atom is -0.455 e. The lowest BCUT2D eigenvalue weighted by molar-refractivity contribution is 0.447. The van der Waals surface area contributed by atoms with E-state index in [1.54, 1.807) is 0 Å². The van der Waals surface area contributed by atoms with E-state index >= 15 is 0 Å². The summed E-state index contributed by atoms with van der Waals surface area (Å²) in [5, 5.41) is 6.83. The number of nitrogens with zero attached hydrogens (tertiary/aromatic N) is 1. The molecule has 14 rings (SSSR count). The molecular weight excluding hydrogens is 803 g/mol. The van der Waals surface area contributed by atoms with Crippen molar-refractivity contribution < 1.29 is 9.15 Å². The number of benzene rings is 10. The molecule has 3 aliphatic rings. The Bertz CT molecular complexity index is 3750. The Morgan fingerprint density at radius 1 is 0.455 bits per heavy atom. The van der Waals surface area contributed by atoms with Crippen LogP contribution in [-0.4, -0.2) is 6.04 Å². The second-order valence-corrected chi connectivity index (χ2v) is 17.8. The summed E-state index contributed by atoms with van der Waals surface area (Å²) in [5.74, 6) is 1.86. The molecule has 3 nitrogen and oxygen atoms in total. The first-order valence-electron chi connectivity index (χ1n) is 22.9. The molecule has 0 saturated heterocycles. The van der Waals surface area contributed by atoms with Crippen LogP contribution < -0.4 is 9.64 Å². The van der Waals surface area contributed by atoms with Crippen molar-refractivity contribution in [1.82, 2.24) is 0 Å². The van der Waals surface area contributed by atoms with Crippen molar-refractivity contribution in [2.24, 2.45) is 0 Å². The molecule has 0 radical (unpaired) electrons. The quantitative estimate of drug-likeness (QED) is 0.173. The summed E-state index contributed by atoms with van der Waals surface area (Å²) >= 11 is 0. The fourth-order valence-corrected chi connectivity index (χ4v) is 11.5. The maximum atomic E-state index is 7.17. The Kier molecular flexibility index (Phi) is 8.02. The topological polar surface area (TPSA) is 25.6 Å². The molecule has 1 atom stereocenters. The first-order valence-corrected chi connectivity index (χ1v) is 22.9.